The van der Waals surface area contributed by atoms with Gasteiger partial charge in [0, 0.05) is 24.0 Å². The molecule has 1 atom stereocenters. The number of nitrogens with zero attached hydrogens (tertiary/aromatic N) is 2. The standard InChI is InChI=1S/C24H22Cl2N4O4S/c1-15-12-22(18(26)13-17(15)25)35(33,34)30-20-5-3-2-4-19(20)29-24(32)21(30)14-23(31)28-11-8-16-6-9-27-10-7-16/h2-7,9-10,12-13,21H,8,11,14H2,1H3,(H,28,31)(H,29,32)/t21-/m1/s1. The summed E-state index contributed by atoms with van der Waals surface area (Å²) in [5.41, 5.74) is 2.05. The number of aromatic nitrogens is 1. The first kappa shape index (κ1) is 25.0. The van der Waals surface area contributed by atoms with Gasteiger partial charge in [0.15, 0.2) is 0 Å². The van der Waals surface area contributed by atoms with E-state index >= 15 is 0 Å². The van der Waals surface area contributed by atoms with Gasteiger partial charge in [0.1, 0.15) is 10.9 Å². The van der Waals surface area contributed by atoms with Crippen LogP contribution in [0.5, 0.6) is 0 Å². The van der Waals surface area contributed by atoms with E-state index in [-0.39, 0.29) is 22.0 Å². The molecule has 11 heteroatoms. The molecule has 0 saturated carbocycles. The number of hydrogen-bond acceptors (Lipinski definition) is 5. The number of pyridine rings is 1. The summed E-state index contributed by atoms with van der Waals surface area (Å²) in [6, 6.07) is 11.6. The highest BCUT2D eigenvalue weighted by molar-refractivity contribution is 7.93. The van der Waals surface area contributed by atoms with Crippen molar-refractivity contribution in [1.29, 1.82) is 0 Å². The molecule has 8 nitrogen and oxygen atoms in total. The molecule has 0 bridgehead atoms. The zero-order chi connectivity index (χ0) is 25.2. The first-order chi connectivity index (χ1) is 16.7. The van der Waals surface area contributed by atoms with Crippen LogP contribution in [0.15, 0.2) is 65.8 Å². The van der Waals surface area contributed by atoms with Crippen molar-refractivity contribution >= 4 is 56.4 Å². The smallest absolute Gasteiger partial charge is 0.266 e. The van der Waals surface area contributed by atoms with Crippen molar-refractivity contribution in [3.63, 3.8) is 0 Å². The van der Waals surface area contributed by atoms with Gasteiger partial charge in [-0.2, -0.15) is 0 Å². The number of nitrogens with one attached hydrogen (secondary N) is 2. The van der Waals surface area contributed by atoms with Gasteiger partial charge in [-0.3, -0.25) is 18.9 Å². The van der Waals surface area contributed by atoms with Crippen molar-refractivity contribution in [2.45, 2.75) is 30.7 Å². The summed E-state index contributed by atoms with van der Waals surface area (Å²) in [5, 5.41) is 5.69. The second-order valence-corrected chi connectivity index (χ2v) is 10.6. The summed E-state index contributed by atoms with van der Waals surface area (Å²) < 4.78 is 28.7. The van der Waals surface area contributed by atoms with E-state index in [0.717, 1.165) is 9.87 Å². The monoisotopic (exact) mass is 532 g/mol. The minimum Gasteiger partial charge on any atom is -0.356 e. The van der Waals surface area contributed by atoms with Gasteiger partial charge in [0.05, 0.1) is 22.8 Å². The summed E-state index contributed by atoms with van der Waals surface area (Å²) in [7, 11) is -4.34. The molecule has 0 aliphatic carbocycles. The lowest BCUT2D eigenvalue weighted by atomic mass is 10.1. The van der Waals surface area contributed by atoms with Crippen LogP contribution >= 0.6 is 23.2 Å². The number of sulfonamides is 1. The van der Waals surface area contributed by atoms with E-state index in [2.05, 4.69) is 15.6 Å². The number of rotatable bonds is 7. The number of anilines is 2. The average molecular weight is 533 g/mol. The molecule has 0 spiro atoms. The molecule has 2 amide bonds. The van der Waals surface area contributed by atoms with Crippen LogP contribution in [0.3, 0.4) is 0 Å². The largest absolute Gasteiger partial charge is 0.356 e. The van der Waals surface area contributed by atoms with E-state index in [4.69, 9.17) is 23.2 Å². The Morgan fingerprint density at radius 3 is 2.57 bits per heavy atom. The second kappa shape index (κ2) is 10.2. The third-order valence-corrected chi connectivity index (χ3v) is 8.29. The topological polar surface area (TPSA) is 108 Å². The molecule has 35 heavy (non-hydrogen) atoms. The maximum atomic E-state index is 13.9. The number of fused-ring (bicyclic) bond motifs is 1. The van der Waals surface area contributed by atoms with Gasteiger partial charge in [-0.15, -0.1) is 0 Å². The molecule has 0 radical (unpaired) electrons. The number of hydrogen-bond donors (Lipinski definition) is 2. The summed E-state index contributed by atoms with van der Waals surface area (Å²) in [5.74, 6) is -1.07. The zero-order valence-corrected chi connectivity index (χ0v) is 21.0. The molecular formula is C24H22Cl2N4O4S. The maximum Gasteiger partial charge on any atom is 0.266 e. The molecule has 2 aromatic carbocycles. The van der Waals surface area contributed by atoms with Crippen LogP contribution in [0.1, 0.15) is 17.5 Å². The van der Waals surface area contributed by atoms with Gasteiger partial charge in [-0.25, -0.2) is 8.42 Å². The lowest BCUT2D eigenvalue weighted by Gasteiger charge is -2.37. The van der Waals surface area contributed by atoms with Crippen molar-refractivity contribution in [2.24, 2.45) is 0 Å². The van der Waals surface area contributed by atoms with Gasteiger partial charge in [-0.05, 0) is 60.9 Å². The molecule has 0 unspecified atom stereocenters. The zero-order valence-electron chi connectivity index (χ0n) is 18.7. The van der Waals surface area contributed by atoms with Crippen LogP contribution < -0.4 is 14.9 Å². The van der Waals surface area contributed by atoms with E-state index in [0.29, 0.717) is 29.2 Å². The quantitative estimate of drug-likeness (QED) is 0.478. The van der Waals surface area contributed by atoms with Gasteiger partial charge >= 0.3 is 0 Å². The van der Waals surface area contributed by atoms with Crippen molar-refractivity contribution < 1.29 is 18.0 Å². The highest BCUT2D eigenvalue weighted by atomic mass is 35.5. The SMILES string of the molecule is Cc1cc(S(=O)(=O)N2c3ccccc3NC(=O)[C@H]2CC(=O)NCCc2ccncc2)c(Cl)cc1Cl. The van der Waals surface area contributed by atoms with Gasteiger partial charge < -0.3 is 10.6 Å². The predicted octanol–water partition coefficient (Wildman–Crippen LogP) is 3.96. The molecule has 2 heterocycles. The molecular weight excluding hydrogens is 511 g/mol. The third kappa shape index (κ3) is 5.27. The van der Waals surface area contributed by atoms with Crippen LogP contribution in [0.4, 0.5) is 11.4 Å². The minimum atomic E-state index is -4.34. The van der Waals surface area contributed by atoms with Gasteiger partial charge in [0.2, 0.25) is 11.8 Å². The van der Waals surface area contributed by atoms with Crippen LogP contribution in [0, 0.1) is 6.92 Å². The van der Waals surface area contributed by atoms with Crippen molar-refractivity contribution in [3.05, 3.63) is 82.1 Å². The molecule has 0 saturated heterocycles. The molecule has 3 aromatic rings. The van der Waals surface area contributed by atoms with Crippen LogP contribution in [-0.2, 0) is 26.0 Å². The number of amides is 2. The van der Waals surface area contributed by atoms with Crippen molar-refractivity contribution in [1.82, 2.24) is 10.3 Å². The molecule has 0 fully saturated rings. The van der Waals surface area contributed by atoms with Crippen molar-refractivity contribution in [3.8, 4) is 0 Å². The fraction of sp³-hybridized carbons (Fsp3) is 0.208. The molecule has 1 aliphatic rings. The summed E-state index contributed by atoms with van der Waals surface area (Å²) in [6.07, 6.45) is 3.51. The molecule has 1 aromatic heterocycles. The van der Waals surface area contributed by atoms with Crippen LogP contribution in [-0.4, -0.2) is 37.8 Å². The summed E-state index contributed by atoms with van der Waals surface area (Å²) in [4.78, 5) is 29.5. The second-order valence-electron chi connectivity index (χ2n) is 8.01. The van der Waals surface area contributed by atoms with E-state index in [1.807, 2.05) is 12.1 Å². The highest BCUT2D eigenvalue weighted by Gasteiger charge is 2.42. The summed E-state index contributed by atoms with van der Waals surface area (Å²) in [6.45, 7) is 1.98. The fourth-order valence-corrected chi connectivity index (χ4v) is 6.25. The Morgan fingerprint density at radius 2 is 1.83 bits per heavy atom. The Kier molecular flexibility index (Phi) is 7.30. The molecule has 182 valence electrons. The Morgan fingerprint density at radius 1 is 1.11 bits per heavy atom. The predicted molar refractivity (Wildman–Crippen MR) is 135 cm³/mol. The van der Waals surface area contributed by atoms with E-state index in [9.17, 15) is 18.0 Å². The molecule has 4 rings (SSSR count). The lowest BCUT2D eigenvalue weighted by Crippen LogP contribution is -2.52. The minimum absolute atomic E-state index is 0.0791. The van der Waals surface area contributed by atoms with Crippen LogP contribution in [0.2, 0.25) is 10.0 Å². The van der Waals surface area contributed by atoms with E-state index in [1.165, 1.54) is 12.1 Å². The normalized spacial score (nSPS) is 15.3. The van der Waals surface area contributed by atoms with Gasteiger partial charge in [0.25, 0.3) is 10.0 Å². The number of carbonyl (C=O) groups is 2. The Bertz CT molecular complexity index is 1380. The van der Waals surface area contributed by atoms with Crippen molar-refractivity contribution in [2.75, 3.05) is 16.2 Å². The number of carbonyl (C=O) groups excluding carboxylic acids is 2. The van der Waals surface area contributed by atoms with Crippen LogP contribution in [0.25, 0.3) is 0 Å². The Balaban J connectivity index is 1.65. The first-order valence-electron chi connectivity index (χ1n) is 10.7. The summed E-state index contributed by atoms with van der Waals surface area (Å²) >= 11 is 12.4. The lowest BCUT2D eigenvalue weighted by molar-refractivity contribution is -0.125. The van der Waals surface area contributed by atoms with E-state index in [1.54, 1.807) is 43.6 Å². The first-order valence-corrected chi connectivity index (χ1v) is 12.9. The Hall–Kier alpha value is -3.14. The fourth-order valence-electron chi connectivity index (χ4n) is 3.81. The average Bonchev–Trinajstić information content (AvgIpc) is 2.82. The number of aryl methyl sites for hydroxylation is 1. The van der Waals surface area contributed by atoms with Gasteiger partial charge in [-0.1, -0.05) is 35.3 Å². The molecule has 1 aliphatic heterocycles. The highest BCUT2D eigenvalue weighted by Crippen LogP contribution is 2.39. The number of halogens is 2. The Labute approximate surface area is 213 Å². The molecule has 2 N–H and O–H groups in total. The number of para-hydroxylation sites is 2. The third-order valence-electron chi connectivity index (χ3n) is 5.60. The maximum absolute atomic E-state index is 13.9. The number of benzene rings is 2. The van der Waals surface area contributed by atoms with E-state index < -0.39 is 27.9 Å².